The minimum atomic E-state index is -0.280. The van der Waals surface area contributed by atoms with Crippen LogP contribution in [-0.2, 0) is 11.3 Å². The Kier molecular flexibility index (Phi) is 8.18. The predicted molar refractivity (Wildman–Crippen MR) is 118 cm³/mol. The van der Waals surface area contributed by atoms with Crippen molar-refractivity contribution in [2.75, 3.05) is 6.54 Å². The number of carbonyl (C=O) groups is 1. The SMILES string of the molecule is CC(C)(C)C.CC(C)CC1C(=O)NC(C)CN1Cc1cc(-c2ccc(F)cc2)no1. The first-order valence-electron chi connectivity index (χ1n) is 10.7. The molecule has 1 fully saturated rings. The molecule has 2 unspecified atom stereocenters. The summed E-state index contributed by atoms with van der Waals surface area (Å²) in [6, 6.07) is 7.96. The van der Waals surface area contributed by atoms with Crippen LogP contribution in [0.3, 0.4) is 0 Å². The molecule has 1 aliphatic rings. The molecule has 3 rings (SSSR count). The molecular weight excluding hydrogens is 381 g/mol. The topological polar surface area (TPSA) is 58.4 Å². The number of aromatic nitrogens is 1. The molecule has 1 amide bonds. The van der Waals surface area contributed by atoms with Gasteiger partial charge in [-0.1, -0.05) is 46.7 Å². The summed E-state index contributed by atoms with van der Waals surface area (Å²) in [7, 11) is 0. The van der Waals surface area contributed by atoms with E-state index in [1.54, 1.807) is 12.1 Å². The van der Waals surface area contributed by atoms with Crippen molar-refractivity contribution < 1.29 is 13.7 Å². The molecule has 0 spiro atoms. The van der Waals surface area contributed by atoms with E-state index in [-0.39, 0.29) is 23.8 Å². The molecule has 2 heterocycles. The standard InChI is InChI=1S/C19H24FN3O2.C5H12/c1-12(2)8-18-19(24)21-13(3)10-23(18)11-16-9-17(22-25-16)14-4-6-15(20)7-5-14;1-5(2,3)4/h4-7,9,12-13,18H,8,10-11H2,1-3H3,(H,21,24);1-4H3. The molecule has 2 atom stereocenters. The highest BCUT2D eigenvalue weighted by Crippen LogP contribution is 2.23. The third-order valence-corrected chi connectivity index (χ3v) is 4.39. The molecule has 30 heavy (non-hydrogen) atoms. The van der Waals surface area contributed by atoms with Crippen molar-refractivity contribution in [2.45, 2.75) is 73.5 Å². The summed E-state index contributed by atoms with van der Waals surface area (Å²) < 4.78 is 18.5. The lowest BCUT2D eigenvalue weighted by Crippen LogP contribution is -2.58. The molecule has 1 aromatic carbocycles. The van der Waals surface area contributed by atoms with Gasteiger partial charge in [-0.3, -0.25) is 9.69 Å². The number of nitrogens with one attached hydrogen (secondary N) is 1. The molecule has 0 aliphatic carbocycles. The lowest BCUT2D eigenvalue weighted by Gasteiger charge is -2.38. The number of hydrogen-bond donors (Lipinski definition) is 1. The van der Waals surface area contributed by atoms with E-state index < -0.39 is 0 Å². The van der Waals surface area contributed by atoms with Gasteiger partial charge < -0.3 is 9.84 Å². The van der Waals surface area contributed by atoms with Crippen LogP contribution in [0.25, 0.3) is 11.3 Å². The highest BCUT2D eigenvalue weighted by molar-refractivity contribution is 5.82. The number of hydrogen-bond acceptors (Lipinski definition) is 4. The molecule has 1 aromatic heterocycles. The van der Waals surface area contributed by atoms with Crippen LogP contribution in [0.1, 0.15) is 60.6 Å². The Morgan fingerprint density at radius 1 is 1.23 bits per heavy atom. The van der Waals surface area contributed by atoms with E-state index in [1.165, 1.54) is 12.1 Å². The van der Waals surface area contributed by atoms with E-state index >= 15 is 0 Å². The Bertz CT molecular complexity index is 803. The van der Waals surface area contributed by atoms with Crippen LogP contribution in [0.15, 0.2) is 34.9 Å². The fourth-order valence-corrected chi connectivity index (χ4v) is 3.25. The fourth-order valence-electron chi connectivity index (χ4n) is 3.25. The number of piperazine rings is 1. The van der Waals surface area contributed by atoms with E-state index in [4.69, 9.17) is 4.52 Å². The van der Waals surface area contributed by atoms with Crippen LogP contribution in [0, 0.1) is 17.2 Å². The summed E-state index contributed by atoms with van der Waals surface area (Å²) >= 11 is 0. The van der Waals surface area contributed by atoms with Gasteiger partial charge in [-0.25, -0.2) is 4.39 Å². The molecular formula is C24H36FN3O2. The largest absolute Gasteiger partial charge is 0.359 e. The Morgan fingerprint density at radius 3 is 2.40 bits per heavy atom. The van der Waals surface area contributed by atoms with Crippen molar-refractivity contribution in [3.8, 4) is 11.3 Å². The van der Waals surface area contributed by atoms with Crippen molar-refractivity contribution in [2.24, 2.45) is 11.3 Å². The van der Waals surface area contributed by atoms with Crippen molar-refractivity contribution in [1.29, 1.82) is 0 Å². The summed E-state index contributed by atoms with van der Waals surface area (Å²) in [5.74, 6) is 0.925. The second-order valence-corrected chi connectivity index (χ2v) is 10.2. The van der Waals surface area contributed by atoms with Gasteiger partial charge in [-0.15, -0.1) is 0 Å². The minimum absolute atomic E-state index is 0.0747. The van der Waals surface area contributed by atoms with Crippen molar-refractivity contribution in [1.82, 2.24) is 15.4 Å². The molecule has 5 nitrogen and oxygen atoms in total. The van der Waals surface area contributed by atoms with Gasteiger partial charge in [0.2, 0.25) is 5.91 Å². The van der Waals surface area contributed by atoms with E-state index in [9.17, 15) is 9.18 Å². The zero-order chi connectivity index (χ0) is 22.5. The average Bonchev–Trinajstić information content (AvgIpc) is 3.05. The lowest BCUT2D eigenvalue weighted by atomic mass is 9.98. The smallest absolute Gasteiger partial charge is 0.237 e. The second kappa shape index (κ2) is 10.2. The van der Waals surface area contributed by atoms with E-state index in [1.807, 2.05) is 13.0 Å². The Morgan fingerprint density at radius 2 is 1.83 bits per heavy atom. The summed E-state index contributed by atoms with van der Waals surface area (Å²) in [5, 5.41) is 7.11. The summed E-state index contributed by atoms with van der Waals surface area (Å²) in [6.07, 6.45) is 0.803. The van der Waals surface area contributed by atoms with Gasteiger partial charge in [0, 0.05) is 24.2 Å². The van der Waals surface area contributed by atoms with Gasteiger partial charge in [0.05, 0.1) is 12.6 Å². The zero-order valence-electron chi connectivity index (χ0n) is 19.3. The molecule has 1 saturated heterocycles. The van der Waals surface area contributed by atoms with Crippen molar-refractivity contribution >= 4 is 5.91 Å². The van der Waals surface area contributed by atoms with Crippen molar-refractivity contribution in [3.05, 3.63) is 41.9 Å². The maximum atomic E-state index is 13.0. The molecule has 1 aliphatic heterocycles. The van der Waals surface area contributed by atoms with Crippen LogP contribution in [-0.4, -0.2) is 34.6 Å². The Labute approximate surface area is 180 Å². The third kappa shape index (κ3) is 7.90. The third-order valence-electron chi connectivity index (χ3n) is 4.39. The fraction of sp³-hybridized carbons (Fsp3) is 0.583. The highest BCUT2D eigenvalue weighted by atomic mass is 19.1. The molecule has 0 saturated carbocycles. The summed E-state index contributed by atoms with van der Waals surface area (Å²) in [4.78, 5) is 14.5. The van der Waals surface area contributed by atoms with Gasteiger partial charge >= 0.3 is 0 Å². The summed E-state index contributed by atoms with van der Waals surface area (Å²) in [5.41, 5.74) is 1.98. The number of carbonyl (C=O) groups excluding carboxylic acids is 1. The van der Waals surface area contributed by atoms with E-state index in [2.05, 4.69) is 56.9 Å². The van der Waals surface area contributed by atoms with Crippen LogP contribution >= 0.6 is 0 Å². The second-order valence-electron chi connectivity index (χ2n) is 10.2. The quantitative estimate of drug-likeness (QED) is 0.720. The van der Waals surface area contributed by atoms with Crippen molar-refractivity contribution in [3.63, 3.8) is 0 Å². The van der Waals surface area contributed by atoms with Gasteiger partial charge in [0.25, 0.3) is 0 Å². The molecule has 1 N–H and O–H groups in total. The highest BCUT2D eigenvalue weighted by Gasteiger charge is 2.33. The zero-order valence-corrected chi connectivity index (χ0v) is 19.3. The molecule has 6 heteroatoms. The first-order chi connectivity index (χ1) is 13.9. The first kappa shape index (κ1) is 24.1. The van der Waals surface area contributed by atoms with Gasteiger partial charge in [0.15, 0.2) is 5.76 Å². The molecule has 166 valence electrons. The maximum absolute atomic E-state index is 13.0. The van der Waals surface area contributed by atoms with Crippen LogP contribution in [0.2, 0.25) is 0 Å². The van der Waals surface area contributed by atoms with Crippen LogP contribution < -0.4 is 5.32 Å². The van der Waals surface area contributed by atoms with Crippen LogP contribution in [0.5, 0.6) is 0 Å². The van der Waals surface area contributed by atoms with Gasteiger partial charge in [-0.05, 0) is 48.9 Å². The lowest BCUT2D eigenvalue weighted by molar-refractivity contribution is -0.131. The normalized spacial score (nSPS) is 20.0. The monoisotopic (exact) mass is 417 g/mol. The predicted octanol–water partition coefficient (Wildman–Crippen LogP) is 5.27. The van der Waals surface area contributed by atoms with Crippen LogP contribution in [0.4, 0.5) is 4.39 Å². The first-order valence-corrected chi connectivity index (χ1v) is 10.7. The summed E-state index contributed by atoms with van der Waals surface area (Å²) in [6.45, 7) is 16.3. The van der Waals surface area contributed by atoms with E-state index in [0.29, 0.717) is 29.3 Å². The number of nitrogens with zero attached hydrogens (tertiary/aromatic N) is 2. The maximum Gasteiger partial charge on any atom is 0.237 e. The van der Waals surface area contributed by atoms with Gasteiger partial charge in [-0.2, -0.15) is 0 Å². The average molecular weight is 418 g/mol. The molecule has 2 aromatic rings. The Balaban J connectivity index is 0.000000575. The number of amides is 1. The van der Waals surface area contributed by atoms with Gasteiger partial charge in [0.1, 0.15) is 11.5 Å². The number of rotatable bonds is 5. The van der Waals surface area contributed by atoms with E-state index in [0.717, 1.165) is 18.5 Å². The number of halogens is 1. The molecule has 0 radical (unpaired) electrons. The molecule has 0 bridgehead atoms. The minimum Gasteiger partial charge on any atom is -0.359 e. The Hall–Kier alpha value is -2.21. The number of benzene rings is 1.